The van der Waals surface area contributed by atoms with E-state index in [1.54, 1.807) is 13.0 Å². The Balaban J connectivity index is 2.35. The zero-order valence-corrected chi connectivity index (χ0v) is 12.6. The zero-order valence-electron chi connectivity index (χ0n) is 12.6. The molecule has 0 aromatic carbocycles. The molecule has 2 aromatic rings. The summed E-state index contributed by atoms with van der Waals surface area (Å²) in [5.74, 6) is -0.936. The topological polar surface area (TPSA) is 75.3 Å². The number of alkyl halides is 3. The number of aryl methyl sites for hydroxylation is 1. The molecule has 0 radical (unpaired) electrons. The second kappa shape index (κ2) is 5.71. The molecule has 0 saturated carbocycles. The zero-order chi connectivity index (χ0) is 16.5. The highest BCUT2D eigenvalue weighted by molar-refractivity contribution is 5.45. The number of nitrogens with zero attached hydrogens (tertiary/aromatic N) is 4. The number of halogens is 3. The summed E-state index contributed by atoms with van der Waals surface area (Å²) < 4.78 is 39.2. The Morgan fingerprint density at radius 1 is 1.27 bits per heavy atom. The monoisotopic (exact) mass is 317 g/mol. The summed E-state index contributed by atoms with van der Waals surface area (Å²) in [5, 5.41) is 15.6. The molecule has 0 unspecified atom stereocenters. The first kappa shape index (κ1) is 16.5. The van der Waals surface area contributed by atoms with Gasteiger partial charge in [-0.15, -0.1) is 5.10 Å². The molecule has 0 bridgehead atoms. The quantitative estimate of drug-likeness (QED) is 0.885. The number of fused-ring (bicyclic) bond motifs is 1. The van der Waals surface area contributed by atoms with Crippen LogP contribution in [0.2, 0.25) is 0 Å². The third kappa shape index (κ3) is 3.65. The van der Waals surface area contributed by atoms with E-state index < -0.39 is 12.0 Å². The van der Waals surface area contributed by atoms with Gasteiger partial charge in [-0.1, -0.05) is 13.8 Å². The minimum absolute atomic E-state index is 0.0427. The Hall–Kier alpha value is -1.90. The molecule has 0 saturated heterocycles. The van der Waals surface area contributed by atoms with Crippen LogP contribution in [0.25, 0.3) is 5.78 Å². The van der Waals surface area contributed by atoms with Crippen LogP contribution in [0.15, 0.2) is 6.07 Å². The van der Waals surface area contributed by atoms with Crippen LogP contribution in [-0.2, 0) is 6.18 Å². The minimum atomic E-state index is -4.62. The van der Waals surface area contributed by atoms with Gasteiger partial charge >= 0.3 is 6.18 Å². The molecule has 122 valence electrons. The largest absolute Gasteiger partial charge is 0.453 e. The van der Waals surface area contributed by atoms with E-state index in [9.17, 15) is 13.2 Å². The van der Waals surface area contributed by atoms with Crippen LogP contribution >= 0.6 is 0 Å². The van der Waals surface area contributed by atoms with Crippen molar-refractivity contribution >= 4 is 11.6 Å². The highest BCUT2D eigenvalue weighted by Crippen LogP contribution is 2.27. The minimum Gasteiger partial charge on any atom is -0.396 e. The van der Waals surface area contributed by atoms with Gasteiger partial charge in [0.1, 0.15) is 5.82 Å². The fourth-order valence-corrected chi connectivity index (χ4v) is 1.95. The van der Waals surface area contributed by atoms with E-state index in [-0.39, 0.29) is 17.8 Å². The molecular formula is C13H18F3N5O. The normalized spacial score (nSPS) is 12.9. The molecule has 0 aliphatic carbocycles. The first-order chi connectivity index (χ1) is 10.1. The van der Waals surface area contributed by atoms with E-state index in [4.69, 9.17) is 5.11 Å². The molecule has 2 N–H and O–H groups in total. The molecule has 0 spiro atoms. The lowest BCUT2D eigenvalue weighted by atomic mass is 9.90. The van der Waals surface area contributed by atoms with Crippen molar-refractivity contribution in [1.29, 1.82) is 0 Å². The fourth-order valence-electron chi connectivity index (χ4n) is 1.95. The summed E-state index contributed by atoms with van der Waals surface area (Å²) in [6.07, 6.45) is -4.05. The van der Waals surface area contributed by atoms with Gasteiger partial charge in [0.15, 0.2) is 0 Å². The van der Waals surface area contributed by atoms with Gasteiger partial charge in [0, 0.05) is 24.9 Å². The number of aliphatic hydroxyl groups excluding tert-OH is 1. The average molecular weight is 317 g/mol. The van der Waals surface area contributed by atoms with Crippen molar-refractivity contribution in [2.45, 2.75) is 33.4 Å². The highest BCUT2D eigenvalue weighted by atomic mass is 19.4. The molecule has 0 fully saturated rings. The number of aliphatic hydroxyl groups is 1. The van der Waals surface area contributed by atoms with Crippen molar-refractivity contribution in [1.82, 2.24) is 19.6 Å². The van der Waals surface area contributed by atoms with Gasteiger partial charge in [0.25, 0.3) is 11.6 Å². The van der Waals surface area contributed by atoms with Crippen LogP contribution in [0.1, 0.15) is 31.8 Å². The summed E-state index contributed by atoms with van der Waals surface area (Å²) in [6, 6.07) is 1.61. The Labute approximate surface area is 125 Å². The maximum absolute atomic E-state index is 12.7. The predicted octanol–water partition coefficient (Wildman–Crippen LogP) is 2.27. The smallest absolute Gasteiger partial charge is 0.396 e. The SMILES string of the molecule is Cc1cc(NCC(C)(C)CCO)n2nc(C(F)(F)F)nc2n1. The molecule has 2 heterocycles. The van der Waals surface area contributed by atoms with E-state index in [0.717, 1.165) is 4.52 Å². The average Bonchev–Trinajstić information content (AvgIpc) is 2.79. The Morgan fingerprint density at radius 3 is 2.55 bits per heavy atom. The van der Waals surface area contributed by atoms with Crippen LogP contribution in [0.4, 0.5) is 19.0 Å². The van der Waals surface area contributed by atoms with Crippen molar-refractivity contribution in [3.8, 4) is 0 Å². The van der Waals surface area contributed by atoms with Gasteiger partial charge in [0.05, 0.1) is 0 Å². The number of anilines is 1. The van der Waals surface area contributed by atoms with Gasteiger partial charge in [-0.05, 0) is 18.8 Å². The molecule has 22 heavy (non-hydrogen) atoms. The highest BCUT2D eigenvalue weighted by Gasteiger charge is 2.36. The lowest BCUT2D eigenvalue weighted by Gasteiger charge is -2.24. The van der Waals surface area contributed by atoms with E-state index in [0.29, 0.717) is 24.5 Å². The van der Waals surface area contributed by atoms with Crippen LogP contribution in [0.3, 0.4) is 0 Å². The second-order valence-corrected chi connectivity index (χ2v) is 5.92. The van der Waals surface area contributed by atoms with Crippen LogP contribution in [0.5, 0.6) is 0 Å². The first-order valence-corrected chi connectivity index (χ1v) is 6.79. The molecule has 0 aliphatic rings. The van der Waals surface area contributed by atoms with E-state index in [2.05, 4.69) is 20.4 Å². The second-order valence-electron chi connectivity index (χ2n) is 5.92. The van der Waals surface area contributed by atoms with Crippen molar-refractivity contribution in [2.75, 3.05) is 18.5 Å². The molecule has 0 atom stereocenters. The van der Waals surface area contributed by atoms with Gasteiger partial charge < -0.3 is 10.4 Å². The molecule has 6 nitrogen and oxygen atoms in total. The number of aromatic nitrogens is 4. The molecule has 2 rings (SSSR count). The van der Waals surface area contributed by atoms with Crippen LogP contribution in [0, 0.1) is 12.3 Å². The summed E-state index contributed by atoms with van der Waals surface area (Å²) >= 11 is 0. The first-order valence-electron chi connectivity index (χ1n) is 6.79. The Bertz CT molecular complexity index is 665. The number of hydrogen-bond donors (Lipinski definition) is 2. The number of rotatable bonds is 5. The van der Waals surface area contributed by atoms with Crippen molar-refractivity contribution in [2.24, 2.45) is 5.41 Å². The molecule has 0 amide bonds. The van der Waals surface area contributed by atoms with Gasteiger partial charge in [0.2, 0.25) is 0 Å². The number of nitrogens with one attached hydrogen (secondary N) is 1. The summed E-state index contributed by atoms with van der Waals surface area (Å²) in [5.41, 5.74) is 0.321. The molecular weight excluding hydrogens is 299 g/mol. The molecule has 9 heteroatoms. The van der Waals surface area contributed by atoms with Gasteiger partial charge in [-0.2, -0.15) is 22.7 Å². The lowest BCUT2D eigenvalue weighted by molar-refractivity contribution is -0.144. The third-order valence-electron chi connectivity index (χ3n) is 3.23. The van der Waals surface area contributed by atoms with Crippen LogP contribution in [-0.4, -0.2) is 37.8 Å². The fraction of sp³-hybridized carbons (Fsp3) is 0.615. The molecule has 2 aromatic heterocycles. The summed E-state index contributed by atoms with van der Waals surface area (Å²) in [6.45, 7) is 6.08. The summed E-state index contributed by atoms with van der Waals surface area (Å²) in [4.78, 5) is 7.38. The standard InChI is InChI=1S/C13H18F3N5O/c1-8-6-9(17-7-12(2,3)4-5-22)21-11(18-8)19-10(20-21)13(14,15)16/h6,17,22H,4-5,7H2,1-3H3. The maximum atomic E-state index is 12.7. The lowest BCUT2D eigenvalue weighted by Crippen LogP contribution is -2.25. The van der Waals surface area contributed by atoms with Gasteiger partial charge in [-0.25, -0.2) is 4.98 Å². The van der Waals surface area contributed by atoms with Crippen LogP contribution < -0.4 is 5.32 Å². The van der Waals surface area contributed by atoms with Gasteiger partial charge in [-0.3, -0.25) is 0 Å². The Morgan fingerprint density at radius 2 is 1.95 bits per heavy atom. The number of hydrogen-bond acceptors (Lipinski definition) is 5. The molecule has 0 aliphatic heterocycles. The van der Waals surface area contributed by atoms with Crippen molar-refractivity contribution in [3.05, 3.63) is 17.6 Å². The Kier molecular flexibility index (Phi) is 4.28. The summed E-state index contributed by atoms with van der Waals surface area (Å²) in [7, 11) is 0. The maximum Gasteiger partial charge on any atom is 0.453 e. The van der Waals surface area contributed by atoms with E-state index in [1.807, 2.05) is 13.8 Å². The predicted molar refractivity (Wildman–Crippen MR) is 74.5 cm³/mol. The van der Waals surface area contributed by atoms with E-state index >= 15 is 0 Å². The van der Waals surface area contributed by atoms with Crippen molar-refractivity contribution in [3.63, 3.8) is 0 Å². The van der Waals surface area contributed by atoms with Crippen molar-refractivity contribution < 1.29 is 18.3 Å². The van der Waals surface area contributed by atoms with E-state index in [1.165, 1.54) is 0 Å². The third-order valence-corrected chi connectivity index (χ3v) is 3.23.